The lowest BCUT2D eigenvalue weighted by atomic mass is 10.4. The first-order valence-corrected chi connectivity index (χ1v) is 10.1. The Labute approximate surface area is 86.7 Å². The van der Waals surface area contributed by atoms with Gasteiger partial charge in [-0.1, -0.05) is 30.3 Å². The molecule has 0 spiro atoms. The van der Waals surface area contributed by atoms with Gasteiger partial charge in [0.2, 0.25) is 0 Å². The Morgan fingerprint density at radius 3 is 2.07 bits per heavy atom. The van der Waals surface area contributed by atoms with E-state index >= 15 is 0 Å². The molecule has 0 bridgehead atoms. The van der Waals surface area contributed by atoms with Crippen molar-refractivity contribution in [2.75, 3.05) is 13.3 Å². The van der Waals surface area contributed by atoms with Crippen molar-refractivity contribution >= 4 is 20.9 Å². The molecule has 4 heteroatoms. The Balaban J connectivity index is 3.15. The lowest BCUT2D eigenvalue weighted by Gasteiger charge is -2.18. The summed E-state index contributed by atoms with van der Waals surface area (Å²) in [4.78, 5) is 0. The summed E-state index contributed by atoms with van der Waals surface area (Å²) in [6, 6.07) is 10.0. The molecule has 1 aromatic carbocycles. The van der Waals surface area contributed by atoms with Crippen molar-refractivity contribution in [1.29, 1.82) is 0 Å². The summed E-state index contributed by atoms with van der Waals surface area (Å²) in [6.07, 6.45) is 0. The average Bonchev–Trinajstić information content (AvgIpc) is 2.01. The van der Waals surface area contributed by atoms with E-state index in [9.17, 15) is 4.11 Å². The van der Waals surface area contributed by atoms with Gasteiger partial charge in [-0.05, 0) is 38.8 Å². The van der Waals surface area contributed by atoms with Crippen LogP contribution in [0.15, 0.2) is 34.7 Å². The number of halogens is 1. The average molecular weight is 229 g/mol. The number of nitrogens with zero attached hydrogens (tertiary/aromatic N) is 1. The molecule has 14 heavy (non-hydrogen) atoms. The summed E-state index contributed by atoms with van der Waals surface area (Å²) in [5.74, 6) is 0. The number of rotatable bonds is 2. The minimum atomic E-state index is -2.80. The number of hydrogen-bond acceptors (Lipinski definition) is 1. The molecule has 0 aromatic heterocycles. The van der Waals surface area contributed by atoms with E-state index in [1.54, 1.807) is 13.1 Å². The Morgan fingerprint density at radius 2 is 1.64 bits per heavy atom. The molecule has 0 N–H and O–H groups in total. The number of benzene rings is 1. The van der Waals surface area contributed by atoms with Crippen molar-refractivity contribution in [3.05, 3.63) is 30.3 Å². The Kier molecular flexibility index (Phi) is 3.33. The zero-order valence-corrected chi connectivity index (χ0v) is 11.1. The van der Waals surface area contributed by atoms with Gasteiger partial charge < -0.3 is 4.41 Å². The molecule has 0 radical (unpaired) electrons. The first-order valence-electron chi connectivity index (χ1n) is 4.64. The standard InChI is InChI=1S/C10H17FNPSi/c1-13(2,12-14(3,4)11)10-8-6-5-7-9-10/h5-9H,1-4H3. The molecule has 0 heterocycles. The topological polar surface area (TPSA) is 12.4 Å². The first-order chi connectivity index (χ1) is 6.31. The maximum absolute atomic E-state index is 13.6. The van der Waals surface area contributed by atoms with E-state index in [0.29, 0.717) is 0 Å². The minimum absolute atomic E-state index is 1.18. The summed E-state index contributed by atoms with van der Waals surface area (Å²) in [7, 11) is -4.41. The van der Waals surface area contributed by atoms with Gasteiger partial charge in [0.15, 0.2) is 0 Å². The van der Waals surface area contributed by atoms with Crippen LogP contribution in [-0.4, -0.2) is 21.9 Å². The molecule has 0 aliphatic carbocycles. The fourth-order valence-electron chi connectivity index (χ4n) is 1.45. The van der Waals surface area contributed by atoms with Crippen LogP contribution in [0.5, 0.6) is 0 Å². The maximum Gasteiger partial charge on any atom is 0.359 e. The fourth-order valence-corrected chi connectivity index (χ4v) is 7.56. The molecule has 0 aliphatic rings. The predicted molar refractivity (Wildman–Crippen MR) is 65.9 cm³/mol. The van der Waals surface area contributed by atoms with Crippen LogP contribution < -0.4 is 5.30 Å². The summed E-state index contributed by atoms with van der Waals surface area (Å²) >= 11 is 0. The van der Waals surface area contributed by atoms with E-state index in [-0.39, 0.29) is 0 Å². The highest BCUT2D eigenvalue weighted by molar-refractivity contribution is 7.73. The lowest BCUT2D eigenvalue weighted by molar-refractivity contribution is 0.801. The van der Waals surface area contributed by atoms with Gasteiger partial charge >= 0.3 is 8.57 Å². The molecule has 0 atom stereocenters. The normalized spacial score (nSPS) is 12.6. The summed E-state index contributed by atoms with van der Waals surface area (Å²) in [5, 5.41) is 1.18. The van der Waals surface area contributed by atoms with E-state index in [1.807, 2.05) is 30.3 Å². The Hall–Kier alpha value is -0.403. The van der Waals surface area contributed by atoms with Gasteiger partial charge in [-0.25, -0.2) is 0 Å². The largest absolute Gasteiger partial charge is 0.359 e. The molecule has 0 fully saturated rings. The zero-order chi connectivity index (χ0) is 10.8. The van der Waals surface area contributed by atoms with Gasteiger partial charge in [0.1, 0.15) is 0 Å². The summed E-state index contributed by atoms with van der Waals surface area (Å²) in [5.41, 5.74) is 0. The van der Waals surface area contributed by atoms with Crippen molar-refractivity contribution in [2.45, 2.75) is 13.1 Å². The van der Waals surface area contributed by atoms with Crippen LogP contribution in [0.3, 0.4) is 0 Å². The van der Waals surface area contributed by atoms with Crippen molar-refractivity contribution in [3.63, 3.8) is 0 Å². The molecule has 1 rings (SSSR count). The third kappa shape index (κ3) is 3.39. The molecule has 0 amide bonds. The third-order valence-corrected chi connectivity index (χ3v) is 7.34. The quantitative estimate of drug-likeness (QED) is 0.418. The SMILES string of the molecule is C[Si](C)(F)N=P(C)(C)c1ccccc1. The molecule has 78 valence electrons. The second kappa shape index (κ2) is 3.99. The van der Waals surface area contributed by atoms with Crippen LogP contribution in [0.25, 0.3) is 0 Å². The zero-order valence-electron chi connectivity index (χ0n) is 9.16. The molecule has 0 saturated heterocycles. The summed E-state index contributed by atoms with van der Waals surface area (Å²) in [6.45, 7) is 7.41. The minimum Gasteiger partial charge on any atom is -0.301 e. The predicted octanol–water partition coefficient (Wildman–Crippen LogP) is 3.44. The highest BCUT2D eigenvalue weighted by atomic mass is 31.2. The van der Waals surface area contributed by atoms with Crippen LogP contribution in [0.4, 0.5) is 4.11 Å². The van der Waals surface area contributed by atoms with E-state index in [2.05, 4.69) is 17.7 Å². The van der Waals surface area contributed by atoms with Crippen molar-refractivity contribution in [2.24, 2.45) is 4.41 Å². The number of hydrogen-bond donors (Lipinski definition) is 0. The highest BCUT2D eigenvalue weighted by Crippen LogP contribution is 2.41. The Bertz CT molecular complexity index is 350. The van der Waals surface area contributed by atoms with E-state index in [0.717, 1.165) is 0 Å². The smallest absolute Gasteiger partial charge is 0.301 e. The van der Waals surface area contributed by atoms with Gasteiger partial charge in [-0.15, -0.1) is 0 Å². The molecule has 0 unspecified atom stereocenters. The van der Waals surface area contributed by atoms with Crippen molar-refractivity contribution in [1.82, 2.24) is 0 Å². The van der Waals surface area contributed by atoms with Gasteiger partial charge in [0.25, 0.3) is 0 Å². The van der Waals surface area contributed by atoms with Gasteiger partial charge in [-0.3, -0.25) is 4.11 Å². The molecular weight excluding hydrogens is 212 g/mol. The summed E-state index contributed by atoms with van der Waals surface area (Å²) < 4.78 is 18.0. The van der Waals surface area contributed by atoms with Gasteiger partial charge in [0, 0.05) is 0 Å². The first kappa shape index (κ1) is 11.7. The lowest BCUT2D eigenvalue weighted by Crippen LogP contribution is -2.16. The van der Waals surface area contributed by atoms with E-state index in [1.165, 1.54) is 5.30 Å². The molecule has 0 aliphatic heterocycles. The van der Waals surface area contributed by atoms with Crippen LogP contribution >= 0.6 is 7.05 Å². The van der Waals surface area contributed by atoms with Crippen LogP contribution in [0, 0.1) is 0 Å². The fraction of sp³-hybridized carbons (Fsp3) is 0.400. The van der Waals surface area contributed by atoms with Crippen molar-refractivity contribution in [3.8, 4) is 0 Å². The second-order valence-corrected chi connectivity index (χ2v) is 11.2. The van der Waals surface area contributed by atoms with Gasteiger partial charge in [-0.2, -0.15) is 0 Å². The molecular formula is C10H17FNPSi. The van der Waals surface area contributed by atoms with Crippen LogP contribution in [-0.2, 0) is 0 Å². The van der Waals surface area contributed by atoms with Gasteiger partial charge in [0.05, 0.1) is 0 Å². The monoisotopic (exact) mass is 229 g/mol. The Morgan fingerprint density at radius 1 is 1.14 bits per heavy atom. The second-order valence-electron chi connectivity index (χ2n) is 4.24. The van der Waals surface area contributed by atoms with Crippen LogP contribution in [0.2, 0.25) is 13.1 Å². The van der Waals surface area contributed by atoms with Crippen LogP contribution in [0.1, 0.15) is 0 Å². The molecule has 1 nitrogen and oxygen atoms in total. The molecule has 1 aromatic rings. The van der Waals surface area contributed by atoms with E-state index in [4.69, 9.17) is 0 Å². The van der Waals surface area contributed by atoms with Crippen molar-refractivity contribution < 1.29 is 4.11 Å². The molecule has 0 saturated carbocycles. The highest BCUT2D eigenvalue weighted by Gasteiger charge is 2.22. The third-order valence-electron chi connectivity index (χ3n) is 1.88. The maximum atomic E-state index is 13.6. The van der Waals surface area contributed by atoms with E-state index < -0.39 is 15.6 Å².